The van der Waals surface area contributed by atoms with Crippen LogP contribution in [-0.2, 0) is 4.74 Å². The Bertz CT molecular complexity index is 1390. The molecule has 11 nitrogen and oxygen atoms in total. The van der Waals surface area contributed by atoms with E-state index in [1.54, 1.807) is 25.3 Å². The summed E-state index contributed by atoms with van der Waals surface area (Å²) in [6, 6.07) is 14.5. The van der Waals surface area contributed by atoms with Crippen molar-refractivity contribution in [3.63, 3.8) is 0 Å². The van der Waals surface area contributed by atoms with Crippen molar-refractivity contribution in [3.8, 4) is 0 Å². The number of piperidine rings is 1. The molecule has 1 N–H and O–H groups in total. The molecular weight excluding hydrogens is 532 g/mol. The number of ether oxygens (including phenoxy) is 1. The number of aromatic nitrogens is 2. The summed E-state index contributed by atoms with van der Waals surface area (Å²) in [4.78, 5) is 44.6. The lowest BCUT2D eigenvalue weighted by molar-refractivity contribution is 0.122. The highest BCUT2D eigenvalue weighted by atomic mass is 16.5. The summed E-state index contributed by atoms with van der Waals surface area (Å²) in [5.74, 6) is 0.277. The zero-order valence-corrected chi connectivity index (χ0v) is 24.5. The van der Waals surface area contributed by atoms with Crippen LogP contribution in [0.4, 0.5) is 26.7 Å². The largest absolute Gasteiger partial charge is 0.378 e. The molecule has 4 amide bonds. The second-order valence-electron chi connectivity index (χ2n) is 11.4. The summed E-state index contributed by atoms with van der Waals surface area (Å²) >= 11 is 0. The van der Waals surface area contributed by atoms with Crippen LogP contribution in [0.3, 0.4) is 0 Å². The number of piperazine rings is 1. The van der Waals surface area contributed by atoms with Crippen molar-refractivity contribution in [2.24, 2.45) is 0 Å². The highest BCUT2D eigenvalue weighted by Crippen LogP contribution is 2.33. The molecule has 4 heterocycles. The topological polar surface area (TPSA) is 97.4 Å². The SMILES string of the molecule is CN(C)C(=O)N1CCN(c2ccc3c(C4CCN(C(=O)Nc5ccc(N6CCOCC6)cc5)CC4)ncnc3c2)CC1. The molecule has 42 heavy (non-hydrogen) atoms. The van der Waals surface area contributed by atoms with Crippen molar-refractivity contribution in [1.29, 1.82) is 0 Å². The number of rotatable bonds is 4. The normalized spacial score (nSPS) is 18.3. The van der Waals surface area contributed by atoms with Crippen molar-refractivity contribution in [2.45, 2.75) is 18.8 Å². The molecule has 0 saturated carbocycles. The molecule has 222 valence electrons. The van der Waals surface area contributed by atoms with Gasteiger partial charge in [-0.3, -0.25) is 0 Å². The molecule has 3 aromatic rings. The van der Waals surface area contributed by atoms with Crippen molar-refractivity contribution < 1.29 is 14.3 Å². The molecule has 0 atom stereocenters. The highest BCUT2D eigenvalue weighted by Gasteiger charge is 2.27. The second kappa shape index (κ2) is 12.4. The van der Waals surface area contributed by atoms with Crippen LogP contribution in [-0.4, -0.2) is 116 Å². The van der Waals surface area contributed by atoms with Crippen LogP contribution in [0.2, 0.25) is 0 Å². The van der Waals surface area contributed by atoms with Gasteiger partial charge in [0.15, 0.2) is 0 Å². The fourth-order valence-electron chi connectivity index (χ4n) is 6.16. The number of anilines is 3. The highest BCUT2D eigenvalue weighted by molar-refractivity contribution is 5.90. The summed E-state index contributed by atoms with van der Waals surface area (Å²) in [6.45, 7) is 7.64. The first kappa shape index (κ1) is 28.0. The summed E-state index contributed by atoms with van der Waals surface area (Å²) in [7, 11) is 3.58. The lowest BCUT2D eigenvalue weighted by atomic mass is 9.91. The molecule has 0 unspecified atom stereocenters. The van der Waals surface area contributed by atoms with E-state index >= 15 is 0 Å². The van der Waals surface area contributed by atoms with Crippen LogP contribution >= 0.6 is 0 Å². The van der Waals surface area contributed by atoms with E-state index in [0.717, 1.165) is 85.9 Å². The van der Waals surface area contributed by atoms with Gasteiger partial charge in [-0.15, -0.1) is 0 Å². The minimum atomic E-state index is -0.0582. The van der Waals surface area contributed by atoms with Crippen LogP contribution in [0, 0.1) is 0 Å². The van der Waals surface area contributed by atoms with E-state index in [-0.39, 0.29) is 18.0 Å². The van der Waals surface area contributed by atoms with Gasteiger partial charge in [0.2, 0.25) is 0 Å². The quantitative estimate of drug-likeness (QED) is 0.510. The molecule has 1 aromatic heterocycles. The molecule has 3 aliphatic rings. The Kier molecular flexibility index (Phi) is 8.27. The third-order valence-electron chi connectivity index (χ3n) is 8.61. The molecule has 0 radical (unpaired) electrons. The van der Waals surface area contributed by atoms with Crippen molar-refractivity contribution >= 4 is 40.0 Å². The summed E-state index contributed by atoms with van der Waals surface area (Å²) in [5.41, 5.74) is 5.08. The smallest absolute Gasteiger partial charge is 0.321 e. The van der Waals surface area contributed by atoms with Crippen LogP contribution in [0.5, 0.6) is 0 Å². The number of amides is 4. The number of carbonyl (C=O) groups excluding carboxylic acids is 2. The zero-order valence-electron chi connectivity index (χ0n) is 24.5. The number of benzene rings is 2. The van der Waals surface area contributed by atoms with Gasteiger partial charge in [-0.1, -0.05) is 0 Å². The predicted molar refractivity (Wildman–Crippen MR) is 164 cm³/mol. The number of morpholine rings is 1. The van der Waals surface area contributed by atoms with E-state index in [9.17, 15) is 9.59 Å². The first-order valence-electron chi connectivity index (χ1n) is 14.9. The van der Waals surface area contributed by atoms with Gasteiger partial charge >= 0.3 is 12.1 Å². The maximum Gasteiger partial charge on any atom is 0.321 e. The van der Waals surface area contributed by atoms with Crippen LogP contribution in [0.25, 0.3) is 10.9 Å². The predicted octanol–water partition coefficient (Wildman–Crippen LogP) is 3.68. The van der Waals surface area contributed by atoms with Crippen LogP contribution in [0.15, 0.2) is 48.8 Å². The third-order valence-corrected chi connectivity index (χ3v) is 8.61. The Hall–Kier alpha value is -4.12. The molecule has 0 spiro atoms. The van der Waals surface area contributed by atoms with Gasteiger partial charge in [0.05, 0.1) is 24.4 Å². The van der Waals surface area contributed by atoms with Crippen molar-refractivity contribution in [3.05, 3.63) is 54.5 Å². The number of nitrogens with zero attached hydrogens (tertiary/aromatic N) is 7. The van der Waals surface area contributed by atoms with Gasteiger partial charge in [0, 0.05) is 94.8 Å². The van der Waals surface area contributed by atoms with E-state index in [4.69, 9.17) is 9.72 Å². The number of hydrogen-bond donors (Lipinski definition) is 1. The van der Waals surface area contributed by atoms with Gasteiger partial charge in [-0.25, -0.2) is 19.6 Å². The zero-order chi connectivity index (χ0) is 29.1. The van der Waals surface area contributed by atoms with E-state index in [1.165, 1.54) is 0 Å². The Morgan fingerprint density at radius 1 is 0.810 bits per heavy atom. The average Bonchev–Trinajstić information content (AvgIpc) is 3.04. The molecule has 3 aliphatic heterocycles. The number of fused-ring (bicyclic) bond motifs is 1. The number of nitrogens with one attached hydrogen (secondary N) is 1. The van der Waals surface area contributed by atoms with E-state index in [1.807, 2.05) is 21.9 Å². The van der Waals surface area contributed by atoms with Gasteiger partial charge < -0.3 is 34.6 Å². The molecule has 11 heteroatoms. The van der Waals surface area contributed by atoms with Gasteiger partial charge in [-0.2, -0.15) is 0 Å². The van der Waals surface area contributed by atoms with Crippen molar-refractivity contribution in [1.82, 2.24) is 24.7 Å². The van der Waals surface area contributed by atoms with Crippen molar-refractivity contribution in [2.75, 3.05) is 94.8 Å². The summed E-state index contributed by atoms with van der Waals surface area (Å²) in [5, 5.41) is 4.14. The minimum Gasteiger partial charge on any atom is -0.378 e. The average molecular weight is 573 g/mol. The fraction of sp³-hybridized carbons (Fsp3) is 0.484. The van der Waals surface area contributed by atoms with E-state index < -0.39 is 0 Å². The first-order valence-corrected chi connectivity index (χ1v) is 14.9. The molecule has 0 aliphatic carbocycles. The van der Waals surface area contributed by atoms with Crippen LogP contribution < -0.4 is 15.1 Å². The molecular formula is C31H40N8O3. The molecule has 0 bridgehead atoms. The number of urea groups is 2. The number of hydrogen-bond acceptors (Lipinski definition) is 7. The Balaban J connectivity index is 1.04. The van der Waals surface area contributed by atoms with E-state index in [0.29, 0.717) is 26.2 Å². The lowest BCUT2D eigenvalue weighted by Crippen LogP contribution is -2.51. The number of carbonyl (C=O) groups is 2. The third kappa shape index (κ3) is 6.06. The molecule has 2 aromatic carbocycles. The maximum atomic E-state index is 13.0. The molecule has 3 saturated heterocycles. The minimum absolute atomic E-state index is 0.0582. The lowest BCUT2D eigenvalue weighted by Gasteiger charge is -2.37. The van der Waals surface area contributed by atoms with Gasteiger partial charge in [0.1, 0.15) is 6.33 Å². The molecule has 3 fully saturated rings. The van der Waals surface area contributed by atoms with Crippen LogP contribution in [0.1, 0.15) is 24.5 Å². The van der Waals surface area contributed by atoms with E-state index in [2.05, 4.69) is 50.4 Å². The van der Waals surface area contributed by atoms with Gasteiger partial charge in [0.25, 0.3) is 0 Å². The maximum absolute atomic E-state index is 13.0. The standard InChI is InChI=1S/C31H40N8O3/c1-35(2)31(41)39-15-13-36(14-16-39)26-7-8-27-28(21-26)32-22-33-29(27)23-9-11-38(12-10-23)30(40)34-24-3-5-25(6-4-24)37-17-19-42-20-18-37/h3-8,21-23H,9-20H2,1-2H3,(H,34,40). The Labute approximate surface area is 247 Å². The second-order valence-corrected chi connectivity index (χ2v) is 11.4. The number of likely N-dealkylation sites (tertiary alicyclic amines) is 1. The summed E-state index contributed by atoms with van der Waals surface area (Å²) < 4.78 is 5.44. The fourth-order valence-corrected chi connectivity index (χ4v) is 6.16. The van der Waals surface area contributed by atoms with Gasteiger partial charge in [-0.05, 0) is 55.3 Å². The monoisotopic (exact) mass is 572 g/mol. The first-order chi connectivity index (χ1) is 20.5. The Morgan fingerprint density at radius 2 is 1.48 bits per heavy atom. The Morgan fingerprint density at radius 3 is 2.17 bits per heavy atom. The molecule has 6 rings (SSSR count). The summed E-state index contributed by atoms with van der Waals surface area (Å²) in [6.07, 6.45) is 3.38.